The van der Waals surface area contributed by atoms with Crippen molar-refractivity contribution < 1.29 is 4.74 Å². The number of nitrogens with two attached hydrogens (primary N) is 1. The third-order valence-corrected chi connectivity index (χ3v) is 8.38. The van der Waals surface area contributed by atoms with Crippen molar-refractivity contribution in [2.45, 2.75) is 40.5 Å². The highest BCUT2D eigenvalue weighted by atomic mass is 16.5. The zero-order chi connectivity index (χ0) is 25.0. The third-order valence-electron chi connectivity index (χ3n) is 8.38. The summed E-state index contributed by atoms with van der Waals surface area (Å²) < 4.78 is 8.34. The summed E-state index contributed by atoms with van der Waals surface area (Å²) in [5.74, 6) is 1.98. The summed E-state index contributed by atoms with van der Waals surface area (Å²) in [7, 11) is 0. The van der Waals surface area contributed by atoms with E-state index in [-0.39, 0.29) is 5.41 Å². The number of para-hydroxylation sites is 2. The number of benzene rings is 2. The van der Waals surface area contributed by atoms with Gasteiger partial charge in [0.25, 0.3) is 0 Å². The number of rotatable bonds is 4. The van der Waals surface area contributed by atoms with Crippen LogP contribution in [-0.4, -0.2) is 29.1 Å². The first-order chi connectivity index (χ1) is 17.4. The predicted molar refractivity (Wildman–Crippen MR) is 148 cm³/mol. The van der Waals surface area contributed by atoms with E-state index in [0.29, 0.717) is 0 Å². The van der Waals surface area contributed by atoms with E-state index in [1.165, 1.54) is 44.4 Å². The molecule has 3 aromatic rings. The molecule has 0 saturated carbocycles. The summed E-state index contributed by atoms with van der Waals surface area (Å²) in [6.07, 6.45) is 6.73. The molecule has 4 heteroatoms. The number of fused-ring (bicyclic) bond motifs is 2. The number of hydrogen-bond acceptors (Lipinski definition) is 3. The van der Waals surface area contributed by atoms with Crippen molar-refractivity contribution in [2.75, 3.05) is 19.6 Å². The van der Waals surface area contributed by atoms with E-state index in [9.17, 15) is 0 Å². The van der Waals surface area contributed by atoms with Crippen LogP contribution in [0.25, 0.3) is 22.2 Å². The molecule has 0 fully saturated rings. The molecular weight excluding hydrogens is 442 g/mol. The fourth-order valence-electron chi connectivity index (χ4n) is 6.28. The summed E-state index contributed by atoms with van der Waals surface area (Å²) in [4.78, 5) is 2.56. The number of aromatic nitrogens is 1. The standard InChI is InChI=1S/C32H35N3O/c1-21-22(2)36-23(3)27-18-32(4,31(33)30(21)27)20-34-16-14-24(15-17-34)28-19-35(25-10-6-5-7-11-25)29-13-9-8-12-26(28)29/h5-14,19H,15-18,20,33H2,1-4H3. The smallest absolute Gasteiger partial charge is 0.104 e. The lowest BCUT2D eigenvalue weighted by Crippen LogP contribution is -2.40. The molecule has 6 rings (SSSR count). The van der Waals surface area contributed by atoms with Crippen LogP contribution in [0.15, 0.2) is 101 Å². The van der Waals surface area contributed by atoms with Crippen LogP contribution in [0.5, 0.6) is 0 Å². The van der Waals surface area contributed by atoms with Gasteiger partial charge in [0, 0.05) is 64.7 Å². The molecule has 184 valence electrons. The van der Waals surface area contributed by atoms with Gasteiger partial charge in [0.1, 0.15) is 11.5 Å². The SMILES string of the molecule is CC1=C(C)C2=C(N)C(C)(CN3CC=C(c4cn(-c5ccccc5)c5ccccc45)CC3)CC2=C(C)O1. The number of nitrogens with zero attached hydrogens (tertiary/aromatic N) is 2. The van der Waals surface area contributed by atoms with Crippen molar-refractivity contribution in [2.24, 2.45) is 11.1 Å². The lowest BCUT2D eigenvalue weighted by molar-refractivity contribution is 0.207. The zero-order valence-electron chi connectivity index (χ0n) is 21.8. The maximum atomic E-state index is 6.85. The van der Waals surface area contributed by atoms with Crippen LogP contribution in [0.4, 0.5) is 0 Å². The molecule has 4 nitrogen and oxygen atoms in total. The van der Waals surface area contributed by atoms with Crippen LogP contribution in [-0.2, 0) is 4.74 Å². The van der Waals surface area contributed by atoms with Gasteiger partial charge in [0.05, 0.1) is 5.52 Å². The highest BCUT2D eigenvalue weighted by Crippen LogP contribution is 2.50. The van der Waals surface area contributed by atoms with Crippen molar-refractivity contribution in [3.8, 4) is 5.69 Å². The van der Waals surface area contributed by atoms with Crippen molar-refractivity contribution >= 4 is 16.5 Å². The molecule has 36 heavy (non-hydrogen) atoms. The van der Waals surface area contributed by atoms with E-state index < -0.39 is 0 Å². The van der Waals surface area contributed by atoms with Gasteiger partial charge in [-0.05, 0) is 63.0 Å². The molecular formula is C32H35N3O. The maximum Gasteiger partial charge on any atom is 0.104 e. The molecule has 2 aromatic carbocycles. The fourth-order valence-corrected chi connectivity index (χ4v) is 6.28. The second-order valence-corrected chi connectivity index (χ2v) is 10.8. The Balaban J connectivity index is 1.27. The maximum absolute atomic E-state index is 6.85. The first-order valence-electron chi connectivity index (χ1n) is 13.0. The summed E-state index contributed by atoms with van der Waals surface area (Å²) in [5, 5.41) is 1.32. The molecule has 0 radical (unpaired) electrons. The molecule has 3 aliphatic rings. The molecule has 2 N–H and O–H groups in total. The van der Waals surface area contributed by atoms with E-state index >= 15 is 0 Å². The third kappa shape index (κ3) is 3.63. The second-order valence-electron chi connectivity index (χ2n) is 10.8. The van der Waals surface area contributed by atoms with Crippen LogP contribution in [0.3, 0.4) is 0 Å². The molecule has 1 atom stereocenters. The van der Waals surface area contributed by atoms with E-state index in [4.69, 9.17) is 10.5 Å². The zero-order valence-corrected chi connectivity index (χ0v) is 21.8. The van der Waals surface area contributed by atoms with E-state index in [1.807, 2.05) is 6.92 Å². The van der Waals surface area contributed by atoms with Crippen molar-refractivity contribution in [3.05, 3.63) is 106 Å². The molecule has 1 aliphatic carbocycles. The molecule has 1 unspecified atom stereocenters. The minimum absolute atomic E-state index is 0.0736. The van der Waals surface area contributed by atoms with Gasteiger partial charge in [-0.1, -0.05) is 49.4 Å². The van der Waals surface area contributed by atoms with Crippen LogP contribution < -0.4 is 5.73 Å². The summed E-state index contributed by atoms with van der Waals surface area (Å²) in [6.45, 7) is 11.5. The first kappa shape index (κ1) is 22.9. The average molecular weight is 478 g/mol. The second kappa shape index (κ2) is 8.56. The molecule has 0 bridgehead atoms. The van der Waals surface area contributed by atoms with Gasteiger partial charge in [0.15, 0.2) is 0 Å². The van der Waals surface area contributed by atoms with Crippen molar-refractivity contribution in [1.82, 2.24) is 9.47 Å². The minimum atomic E-state index is -0.0736. The van der Waals surface area contributed by atoms with Gasteiger partial charge in [-0.3, -0.25) is 4.90 Å². The van der Waals surface area contributed by atoms with E-state index in [1.54, 1.807) is 0 Å². The predicted octanol–water partition coefficient (Wildman–Crippen LogP) is 6.94. The Kier molecular flexibility index (Phi) is 5.45. The van der Waals surface area contributed by atoms with Crippen LogP contribution in [0.1, 0.15) is 46.1 Å². The monoisotopic (exact) mass is 477 g/mol. The number of hydrogen-bond donors (Lipinski definition) is 1. The molecule has 3 heterocycles. The Bertz CT molecular complexity index is 1480. The molecule has 0 amide bonds. The lowest BCUT2D eigenvalue weighted by atomic mass is 9.85. The van der Waals surface area contributed by atoms with Crippen LogP contribution in [0.2, 0.25) is 0 Å². The first-order valence-corrected chi connectivity index (χ1v) is 13.0. The quantitative estimate of drug-likeness (QED) is 0.443. The van der Waals surface area contributed by atoms with Gasteiger partial charge in [-0.2, -0.15) is 0 Å². The highest BCUT2D eigenvalue weighted by molar-refractivity contribution is 5.94. The lowest BCUT2D eigenvalue weighted by Gasteiger charge is -2.35. The molecule has 0 saturated heterocycles. The number of allylic oxidation sites excluding steroid dienone is 5. The number of ether oxygens (including phenoxy) is 1. The summed E-state index contributed by atoms with van der Waals surface area (Å²) in [6, 6.07) is 19.4. The Labute approximate surface area is 214 Å². The Morgan fingerprint density at radius 2 is 1.72 bits per heavy atom. The molecule has 2 aliphatic heterocycles. The Hall–Kier alpha value is -3.50. The van der Waals surface area contributed by atoms with E-state index in [2.05, 4.69) is 97.1 Å². The Morgan fingerprint density at radius 3 is 2.47 bits per heavy atom. The normalized spacial score (nSPS) is 22.8. The van der Waals surface area contributed by atoms with E-state index in [0.717, 1.165) is 49.7 Å². The van der Waals surface area contributed by atoms with Gasteiger partial charge in [-0.15, -0.1) is 0 Å². The topological polar surface area (TPSA) is 43.4 Å². The van der Waals surface area contributed by atoms with Gasteiger partial charge in [-0.25, -0.2) is 0 Å². The summed E-state index contributed by atoms with van der Waals surface area (Å²) in [5.41, 5.74) is 16.8. The molecule has 1 aromatic heterocycles. The van der Waals surface area contributed by atoms with Crippen molar-refractivity contribution in [1.29, 1.82) is 0 Å². The fraction of sp³-hybridized carbons (Fsp3) is 0.312. The minimum Gasteiger partial charge on any atom is -0.466 e. The van der Waals surface area contributed by atoms with Gasteiger partial charge >= 0.3 is 0 Å². The van der Waals surface area contributed by atoms with Crippen LogP contribution in [0, 0.1) is 5.41 Å². The average Bonchev–Trinajstić information content (AvgIpc) is 3.40. The van der Waals surface area contributed by atoms with Crippen molar-refractivity contribution in [3.63, 3.8) is 0 Å². The largest absolute Gasteiger partial charge is 0.466 e. The summed E-state index contributed by atoms with van der Waals surface area (Å²) >= 11 is 0. The Morgan fingerprint density at radius 1 is 0.972 bits per heavy atom. The molecule has 0 spiro atoms. The van der Waals surface area contributed by atoms with Crippen LogP contribution >= 0.6 is 0 Å². The van der Waals surface area contributed by atoms with Gasteiger partial charge < -0.3 is 15.0 Å². The van der Waals surface area contributed by atoms with Gasteiger partial charge in [0.2, 0.25) is 0 Å². The highest BCUT2D eigenvalue weighted by Gasteiger charge is 2.42.